The molecule has 0 aliphatic heterocycles. The summed E-state index contributed by atoms with van der Waals surface area (Å²) in [5, 5.41) is 12.3. The minimum absolute atomic E-state index is 0.865. The molecule has 0 saturated carbocycles. The molecule has 11 aromatic carbocycles. The average Bonchev–Trinajstić information content (AvgIpc) is 3.71. The van der Waals surface area contributed by atoms with Gasteiger partial charge in [0.25, 0.3) is 0 Å². The van der Waals surface area contributed by atoms with Gasteiger partial charge in [-0.1, -0.05) is 176 Å². The van der Waals surface area contributed by atoms with Crippen LogP contribution in [0.3, 0.4) is 0 Å². The summed E-state index contributed by atoms with van der Waals surface area (Å²) in [5.74, 6) is 0. The summed E-state index contributed by atoms with van der Waals surface area (Å²) in [5.41, 5.74) is 12.0. The van der Waals surface area contributed by atoms with Crippen LogP contribution in [0.1, 0.15) is 0 Å². The Labute approximate surface area is 347 Å². The molecule has 0 N–H and O–H groups in total. The number of hydrogen-bond acceptors (Lipinski definition) is 2. The van der Waals surface area contributed by atoms with E-state index in [1.807, 2.05) is 6.07 Å². The van der Waals surface area contributed by atoms with Crippen LogP contribution in [-0.4, -0.2) is 0 Å². The van der Waals surface area contributed by atoms with E-state index in [1.165, 1.54) is 65.3 Å². The highest BCUT2D eigenvalue weighted by atomic mass is 16.3. The van der Waals surface area contributed by atoms with E-state index < -0.39 is 0 Å². The topological polar surface area (TPSA) is 16.4 Å². The monoisotopic (exact) mass is 763 g/mol. The second-order valence-corrected chi connectivity index (χ2v) is 15.7. The van der Waals surface area contributed by atoms with Crippen LogP contribution in [0.4, 0.5) is 17.1 Å². The van der Waals surface area contributed by atoms with E-state index in [4.69, 9.17) is 4.42 Å². The number of anilines is 3. The molecule has 0 fully saturated rings. The quantitative estimate of drug-likeness (QED) is 0.157. The zero-order valence-electron chi connectivity index (χ0n) is 32.7. The molecule has 0 amide bonds. The first-order chi connectivity index (χ1) is 29.7. The highest BCUT2D eigenvalue weighted by Gasteiger charge is 2.22. The fourth-order valence-electron chi connectivity index (χ4n) is 9.27. The van der Waals surface area contributed by atoms with Crippen molar-refractivity contribution in [2.24, 2.45) is 0 Å². The Balaban J connectivity index is 0.971. The van der Waals surface area contributed by atoms with Gasteiger partial charge in [0.2, 0.25) is 0 Å². The summed E-state index contributed by atoms with van der Waals surface area (Å²) >= 11 is 0. The molecule has 12 aromatic rings. The predicted octanol–water partition coefficient (Wildman–Crippen LogP) is 16.7. The molecule has 0 spiro atoms. The fourth-order valence-corrected chi connectivity index (χ4v) is 9.27. The summed E-state index contributed by atoms with van der Waals surface area (Å²) in [7, 11) is 0. The van der Waals surface area contributed by atoms with Crippen molar-refractivity contribution >= 4 is 82.1 Å². The van der Waals surface area contributed by atoms with Crippen LogP contribution in [-0.2, 0) is 0 Å². The van der Waals surface area contributed by atoms with E-state index >= 15 is 0 Å². The van der Waals surface area contributed by atoms with Crippen molar-refractivity contribution in [2.45, 2.75) is 0 Å². The minimum atomic E-state index is 0.865. The van der Waals surface area contributed by atoms with Crippen LogP contribution in [0, 0.1) is 0 Å². The van der Waals surface area contributed by atoms with Gasteiger partial charge in [0.1, 0.15) is 11.2 Å². The van der Waals surface area contributed by atoms with Gasteiger partial charge in [-0.05, 0) is 119 Å². The normalized spacial score (nSPS) is 11.7. The number of hydrogen-bond donors (Lipinski definition) is 0. The molecular formula is C58H37NO. The van der Waals surface area contributed by atoms with Crippen molar-refractivity contribution in [2.75, 3.05) is 4.90 Å². The van der Waals surface area contributed by atoms with E-state index in [0.29, 0.717) is 0 Å². The van der Waals surface area contributed by atoms with Crippen LogP contribution in [0.5, 0.6) is 0 Å². The molecule has 0 aliphatic rings. The molecule has 0 bridgehead atoms. The number of fused-ring (bicyclic) bond motifs is 9. The maximum Gasteiger partial charge on any atom is 0.137 e. The Morgan fingerprint density at radius 3 is 1.42 bits per heavy atom. The Kier molecular flexibility index (Phi) is 7.89. The molecule has 0 aliphatic carbocycles. The van der Waals surface area contributed by atoms with Gasteiger partial charge in [0.15, 0.2) is 0 Å². The first-order valence-corrected chi connectivity index (χ1v) is 20.6. The van der Waals surface area contributed by atoms with Crippen molar-refractivity contribution in [3.05, 3.63) is 224 Å². The molecule has 1 heterocycles. The summed E-state index contributed by atoms with van der Waals surface area (Å²) in [6, 6.07) is 81.3. The van der Waals surface area contributed by atoms with Crippen molar-refractivity contribution in [3.63, 3.8) is 0 Å². The minimum Gasteiger partial charge on any atom is -0.456 e. The van der Waals surface area contributed by atoms with Crippen molar-refractivity contribution < 1.29 is 4.42 Å². The van der Waals surface area contributed by atoms with Gasteiger partial charge in [0, 0.05) is 16.6 Å². The van der Waals surface area contributed by atoms with Crippen molar-refractivity contribution in [3.8, 4) is 33.4 Å². The summed E-state index contributed by atoms with van der Waals surface area (Å²) in [6.07, 6.45) is 0. The number of para-hydroxylation sites is 2. The standard InChI is InChI=1S/C58H37NO/c1-3-12-48-41(10-1)24-26-43-28-30-45(36-52(43)48)40-22-20-38(21-23-40)39-32-34-47(35-33-39)59(55-17-9-19-57-58(55)51-15-6-8-18-56(51)60-57)54-16-7-5-14-50(54)46-31-29-44-27-25-42-11-2-4-13-49(42)53(44)37-46/h1-37H. The maximum atomic E-state index is 6.45. The molecule has 2 heteroatoms. The fraction of sp³-hybridized carbons (Fsp3) is 0. The van der Waals surface area contributed by atoms with E-state index in [0.717, 1.165) is 50.1 Å². The van der Waals surface area contributed by atoms with Crippen LogP contribution in [0.15, 0.2) is 229 Å². The summed E-state index contributed by atoms with van der Waals surface area (Å²) < 4.78 is 6.45. The lowest BCUT2D eigenvalue weighted by Gasteiger charge is -2.29. The maximum absolute atomic E-state index is 6.45. The largest absolute Gasteiger partial charge is 0.456 e. The number of benzene rings is 11. The van der Waals surface area contributed by atoms with Gasteiger partial charge in [-0.2, -0.15) is 0 Å². The molecule has 280 valence electrons. The molecule has 60 heavy (non-hydrogen) atoms. The third-order valence-corrected chi connectivity index (χ3v) is 12.2. The van der Waals surface area contributed by atoms with Gasteiger partial charge in [0.05, 0.1) is 16.8 Å². The Morgan fingerprint density at radius 1 is 0.283 bits per heavy atom. The van der Waals surface area contributed by atoms with Gasteiger partial charge in [-0.15, -0.1) is 0 Å². The highest BCUT2D eigenvalue weighted by molar-refractivity contribution is 6.14. The van der Waals surface area contributed by atoms with E-state index in [9.17, 15) is 0 Å². The molecule has 0 radical (unpaired) electrons. The third-order valence-electron chi connectivity index (χ3n) is 12.2. The smallest absolute Gasteiger partial charge is 0.137 e. The van der Waals surface area contributed by atoms with Crippen LogP contribution >= 0.6 is 0 Å². The Morgan fingerprint density at radius 2 is 0.733 bits per heavy atom. The van der Waals surface area contributed by atoms with Crippen LogP contribution in [0.2, 0.25) is 0 Å². The lowest BCUT2D eigenvalue weighted by molar-refractivity contribution is 0.669. The van der Waals surface area contributed by atoms with Crippen molar-refractivity contribution in [1.82, 2.24) is 0 Å². The first kappa shape index (κ1) is 34.1. The first-order valence-electron chi connectivity index (χ1n) is 20.6. The molecule has 12 rings (SSSR count). The molecule has 0 atom stereocenters. The third kappa shape index (κ3) is 5.65. The van der Waals surface area contributed by atoms with Crippen LogP contribution < -0.4 is 4.90 Å². The predicted molar refractivity (Wildman–Crippen MR) is 255 cm³/mol. The molecule has 1 aromatic heterocycles. The number of furan rings is 1. The molecule has 0 saturated heterocycles. The number of rotatable bonds is 6. The Bertz CT molecular complexity index is 3600. The lowest BCUT2D eigenvalue weighted by atomic mass is 9.95. The molecular weight excluding hydrogens is 727 g/mol. The van der Waals surface area contributed by atoms with Gasteiger partial charge < -0.3 is 9.32 Å². The summed E-state index contributed by atoms with van der Waals surface area (Å²) in [4.78, 5) is 2.41. The average molecular weight is 764 g/mol. The molecule has 0 unspecified atom stereocenters. The zero-order valence-corrected chi connectivity index (χ0v) is 32.7. The Hall–Kier alpha value is -7.94. The van der Waals surface area contributed by atoms with Gasteiger partial charge in [-0.3, -0.25) is 0 Å². The lowest BCUT2D eigenvalue weighted by Crippen LogP contribution is -2.11. The van der Waals surface area contributed by atoms with Gasteiger partial charge in [-0.25, -0.2) is 0 Å². The van der Waals surface area contributed by atoms with E-state index in [2.05, 4.69) is 223 Å². The highest BCUT2D eigenvalue weighted by Crippen LogP contribution is 2.46. The van der Waals surface area contributed by atoms with Gasteiger partial charge >= 0.3 is 0 Å². The van der Waals surface area contributed by atoms with E-state index in [1.54, 1.807) is 0 Å². The summed E-state index contributed by atoms with van der Waals surface area (Å²) in [6.45, 7) is 0. The second kappa shape index (κ2) is 13.9. The second-order valence-electron chi connectivity index (χ2n) is 15.7. The van der Waals surface area contributed by atoms with E-state index in [-0.39, 0.29) is 0 Å². The van der Waals surface area contributed by atoms with Crippen LogP contribution in [0.25, 0.3) is 98.4 Å². The molecule has 2 nitrogen and oxygen atoms in total. The number of nitrogens with zero attached hydrogens (tertiary/aromatic N) is 1. The SMILES string of the molecule is c1ccc(N(c2ccc(-c3ccc(-c4ccc5ccc6ccccc6c5c4)cc3)cc2)c2cccc3oc4ccccc4c23)c(-c2ccc3ccc4ccccc4c3c2)c1. The zero-order chi connectivity index (χ0) is 39.6. The van der Waals surface area contributed by atoms with Crippen molar-refractivity contribution in [1.29, 1.82) is 0 Å².